The van der Waals surface area contributed by atoms with Crippen LogP contribution in [0.5, 0.6) is 0 Å². The molecule has 2 aliphatic rings. The summed E-state index contributed by atoms with van der Waals surface area (Å²) in [7, 11) is -2.78. The third-order valence-electron chi connectivity index (χ3n) is 9.14. The average Bonchev–Trinajstić information content (AvgIpc) is 3.59. The van der Waals surface area contributed by atoms with E-state index in [0.717, 1.165) is 6.42 Å². The van der Waals surface area contributed by atoms with E-state index in [1.165, 1.54) is 49.3 Å². The van der Waals surface area contributed by atoms with Gasteiger partial charge in [-0.05, 0) is 0 Å². The van der Waals surface area contributed by atoms with E-state index in [4.69, 9.17) is 0 Å². The van der Waals surface area contributed by atoms with Crippen LogP contribution in [0.25, 0.3) is 11.1 Å². The van der Waals surface area contributed by atoms with Crippen LogP contribution in [0.15, 0.2) is 103 Å². The number of hydrogen-bond donors (Lipinski definition) is 0. The molecule has 0 atom stereocenters. The van der Waals surface area contributed by atoms with E-state index in [9.17, 15) is 0 Å². The molecule has 2 aliphatic carbocycles. The zero-order valence-electron chi connectivity index (χ0n) is 26.6. The van der Waals surface area contributed by atoms with Gasteiger partial charge in [0.25, 0.3) is 0 Å². The average molecular weight is 747 g/mol. The van der Waals surface area contributed by atoms with Crippen molar-refractivity contribution in [2.45, 2.75) is 63.2 Å². The summed E-state index contributed by atoms with van der Waals surface area (Å²) >= 11 is -2.86. The third-order valence-corrected chi connectivity index (χ3v) is 25.5. The van der Waals surface area contributed by atoms with Crippen molar-refractivity contribution in [1.82, 2.24) is 0 Å². The number of fused-ring (bicyclic) bond motifs is 3. The Labute approximate surface area is 263 Å². The molecule has 0 heterocycles. The molecule has 4 aromatic carbocycles. The standard InChI is InChI=1S/C19H26Si2.C15H13.C5H5.Hf/c1-20(2,3)18-11-7-16(8-12-18)15-17-9-13-19(14-10-17)21(4,5)6;1-10-3-5-14-12(7-10)9-13-8-11(2)4-6-15(13)14;1-2-4-5-3-1;/h7-14H,1-6H3;3-7H,9H2,1-2H3;1-5H;. The fraction of sp³-hybridized carbons (Fsp3) is 0.256. The Morgan fingerprint density at radius 2 is 1.17 bits per heavy atom. The summed E-state index contributed by atoms with van der Waals surface area (Å²) in [6, 6.07) is 31.6. The van der Waals surface area contributed by atoms with Crippen LogP contribution in [-0.4, -0.2) is 19.4 Å². The number of aryl methyl sites for hydroxylation is 2. The van der Waals surface area contributed by atoms with Gasteiger partial charge in [0.1, 0.15) is 0 Å². The first-order valence-corrected chi connectivity index (χ1v) is 28.1. The third kappa shape index (κ3) is 5.61. The van der Waals surface area contributed by atoms with Crippen molar-refractivity contribution in [1.29, 1.82) is 0 Å². The number of rotatable bonds is 6. The van der Waals surface area contributed by atoms with Gasteiger partial charge >= 0.3 is 265 Å². The number of hydrogen-bond acceptors (Lipinski definition) is 0. The van der Waals surface area contributed by atoms with Crippen LogP contribution in [-0.2, 0) is 27.4 Å². The summed E-state index contributed by atoms with van der Waals surface area (Å²) in [5, 5.41) is 3.07. The Balaban J connectivity index is 1.66. The first-order chi connectivity index (χ1) is 19.9. The van der Waals surface area contributed by atoms with Crippen LogP contribution >= 0.6 is 0 Å². The minimum absolute atomic E-state index is 0.522. The molecule has 0 N–H and O–H groups in total. The summed E-state index contributed by atoms with van der Waals surface area (Å²) in [4.78, 5) is 0. The van der Waals surface area contributed by atoms with E-state index in [-0.39, 0.29) is 0 Å². The van der Waals surface area contributed by atoms with E-state index in [1.54, 1.807) is 12.1 Å². The zero-order chi connectivity index (χ0) is 29.8. The molecule has 4 aromatic rings. The normalized spacial score (nSPS) is 14.3. The molecular weight excluding hydrogens is 703 g/mol. The van der Waals surface area contributed by atoms with Crippen molar-refractivity contribution in [2.24, 2.45) is 0 Å². The molecule has 0 aliphatic heterocycles. The zero-order valence-corrected chi connectivity index (χ0v) is 32.2. The molecule has 6 rings (SSSR count). The fourth-order valence-corrected chi connectivity index (χ4v) is 21.8. The van der Waals surface area contributed by atoms with E-state index < -0.39 is 37.1 Å². The Hall–Kier alpha value is -2.47. The van der Waals surface area contributed by atoms with Crippen molar-refractivity contribution < 1.29 is 21.0 Å². The molecule has 0 radical (unpaired) electrons. The van der Waals surface area contributed by atoms with Gasteiger partial charge in [-0.1, -0.05) is 0 Å². The summed E-state index contributed by atoms with van der Waals surface area (Å²) in [6.45, 7) is 19.3. The summed E-state index contributed by atoms with van der Waals surface area (Å²) < 4.78 is 3.91. The van der Waals surface area contributed by atoms with E-state index >= 15 is 0 Å². The molecule has 0 aromatic heterocycles. The molecule has 0 saturated carbocycles. The molecule has 0 bridgehead atoms. The van der Waals surface area contributed by atoms with Gasteiger partial charge in [0.2, 0.25) is 0 Å². The molecule has 0 amide bonds. The first-order valence-electron chi connectivity index (χ1n) is 15.5. The Kier molecular flexibility index (Phi) is 7.91. The van der Waals surface area contributed by atoms with E-state index in [0.29, 0.717) is 3.67 Å². The number of allylic oxidation sites excluding steroid dienone is 4. The van der Waals surface area contributed by atoms with Crippen molar-refractivity contribution in [2.75, 3.05) is 0 Å². The van der Waals surface area contributed by atoms with Crippen molar-refractivity contribution in [3.8, 4) is 11.1 Å². The second kappa shape index (κ2) is 11.2. The van der Waals surface area contributed by atoms with E-state index in [2.05, 4.69) is 156 Å². The quantitative estimate of drug-likeness (QED) is 0.153. The van der Waals surface area contributed by atoms with Gasteiger partial charge in [-0.2, -0.15) is 0 Å². The van der Waals surface area contributed by atoms with Gasteiger partial charge in [0, 0.05) is 0 Å². The van der Waals surface area contributed by atoms with Gasteiger partial charge < -0.3 is 0 Å². The molecule has 212 valence electrons. The molecule has 0 spiro atoms. The van der Waals surface area contributed by atoms with Crippen molar-refractivity contribution in [3.05, 3.63) is 137 Å². The van der Waals surface area contributed by atoms with Gasteiger partial charge in [-0.25, -0.2) is 0 Å². The summed E-state index contributed by atoms with van der Waals surface area (Å²) in [5.41, 5.74) is 11.8. The van der Waals surface area contributed by atoms with Gasteiger partial charge in [-0.15, -0.1) is 0 Å². The molecule has 0 nitrogen and oxygen atoms in total. The van der Waals surface area contributed by atoms with Gasteiger partial charge in [0.05, 0.1) is 0 Å². The molecule has 0 fully saturated rings. The second-order valence-corrected chi connectivity index (χ2v) is 33.5. The minimum atomic E-state index is -2.86. The predicted octanol–water partition coefficient (Wildman–Crippen LogP) is 8.39. The van der Waals surface area contributed by atoms with E-state index in [1.807, 2.05) is 0 Å². The molecule has 0 saturated heterocycles. The van der Waals surface area contributed by atoms with Crippen LogP contribution in [0.3, 0.4) is 0 Å². The Morgan fingerprint density at radius 3 is 1.69 bits per heavy atom. The predicted molar refractivity (Wildman–Crippen MR) is 188 cm³/mol. The monoisotopic (exact) mass is 748 g/mol. The Bertz CT molecular complexity index is 1680. The summed E-state index contributed by atoms with van der Waals surface area (Å²) in [5.74, 6) is 0. The number of benzene rings is 4. The van der Waals surface area contributed by atoms with Crippen LogP contribution in [0.4, 0.5) is 0 Å². The van der Waals surface area contributed by atoms with Crippen molar-refractivity contribution >= 4 is 33.1 Å². The molecule has 42 heavy (non-hydrogen) atoms. The van der Waals surface area contributed by atoms with Crippen LogP contribution in [0.1, 0.15) is 33.4 Å². The topological polar surface area (TPSA) is 0 Å². The fourth-order valence-electron chi connectivity index (χ4n) is 6.73. The van der Waals surface area contributed by atoms with Gasteiger partial charge in [-0.3, -0.25) is 0 Å². The van der Waals surface area contributed by atoms with Gasteiger partial charge in [0.15, 0.2) is 0 Å². The molecule has 0 unspecified atom stereocenters. The first kappa shape index (κ1) is 29.6. The maximum atomic E-state index is 2.51. The van der Waals surface area contributed by atoms with Crippen molar-refractivity contribution in [3.63, 3.8) is 0 Å². The van der Waals surface area contributed by atoms with Crippen LogP contribution in [0, 0.1) is 13.8 Å². The van der Waals surface area contributed by atoms with Crippen LogP contribution < -0.4 is 13.7 Å². The van der Waals surface area contributed by atoms with Crippen LogP contribution in [0.2, 0.25) is 43.0 Å². The summed E-state index contributed by atoms with van der Waals surface area (Å²) in [6.07, 6.45) is 10.7. The molecule has 3 heteroatoms. The Morgan fingerprint density at radius 1 is 0.643 bits per heavy atom. The second-order valence-electron chi connectivity index (χ2n) is 14.4. The maximum absolute atomic E-state index is 2.86. The SMILES string of the molecule is Cc1ccc2c(c1)Cc1c-2ccc(C)[c]1[Hf](=[C](c1ccc([Si](C)(C)C)cc1)c1ccc([Si](C)(C)C)cc1)[CH]1C=CC=C1. The molecular formula is C39H44HfSi2.